The summed E-state index contributed by atoms with van der Waals surface area (Å²) >= 11 is 5.63. The first-order chi connectivity index (χ1) is 8.13. The van der Waals surface area contributed by atoms with Gasteiger partial charge in [-0.3, -0.25) is 9.59 Å². The number of piperazine rings is 1. The number of rotatable bonds is 2. The number of hydrogen-bond acceptors (Lipinski definition) is 3. The number of hydrogen-bond donors (Lipinski definition) is 1. The first kappa shape index (κ1) is 12.0. The molecule has 0 spiro atoms. The molecule has 1 unspecified atom stereocenters. The normalized spacial score (nSPS) is 20.2. The van der Waals surface area contributed by atoms with Gasteiger partial charge in [0.2, 0.25) is 5.91 Å². The molecule has 2 rings (SSSR count). The van der Waals surface area contributed by atoms with Gasteiger partial charge in [0.15, 0.2) is 11.0 Å². The summed E-state index contributed by atoms with van der Waals surface area (Å²) in [6.07, 6.45) is 0.575. The van der Waals surface area contributed by atoms with E-state index in [0.717, 1.165) is 0 Å². The number of halogens is 1. The number of furan rings is 1. The van der Waals surface area contributed by atoms with Gasteiger partial charge in [-0.25, -0.2) is 0 Å². The Labute approximate surface area is 104 Å². The Hall–Kier alpha value is -1.49. The van der Waals surface area contributed by atoms with E-state index in [9.17, 15) is 9.59 Å². The van der Waals surface area contributed by atoms with Crippen LogP contribution in [-0.4, -0.2) is 35.8 Å². The standard InChI is InChI=1S/C11H13ClN2O3/c1-2-7-10(15)13-5-6-14(7)11(16)8-3-4-9(12)17-8/h3-4,7H,2,5-6H2,1H3,(H,13,15). The zero-order chi connectivity index (χ0) is 12.4. The van der Waals surface area contributed by atoms with Crippen molar-refractivity contribution in [1.82, 2.24) is 10.2 Å². The summed E-state index contributed by atoms with van der Waals surface area (Å²) in [5.74, 6) is -0.244. The maximum atomic E-state index is 12.1. The Morgan fingerprint density at radius 1 is 1.65 bits per heavy atom. The number of carbonyl (C=O) groups excluding carboxylic acids is 2. The maximum Gasteiger partial charge on any atom is 0.290 e. The van der Waals surface area contributed by atoms with Gasteiger partial charge in [-0.1, -0.05) is 6.92 Å². The molecule has 0 saturated carbocycles. The van der Waals surface area contributed by atoms with Crippen LogP contribution in [0.15, 0.2) is 16.5 Å². The molecule has 2 amide bonds. The van der Waals surface area contributed by atoms with Gasteiger partial charge in [-0.2, -0.15) is 0 Å². The fourth-order valence-electron chi connectivity index (χ4n) is 1.93. The summed E-state index contributed by atoms with van der Waals surface area (Å²) in [6, 6.07) is 2.60. The quantitative estimate of drug-likeness (QED) is 0.867. The van der Waals surface area contributed by atoms with Crippen LogP contribution in [-0.2, 0) is 4.79 Å². The third kappa shape index (κ3) is 2.29. The van der Waals surface area contributed by atoms with Gasteiger partial charge in [0.1, 0.15) is 6.04 Å². The first-order valence-corrected chi connectivity index (χ1v) is 5.85. The zero-order valence-corrected chi connectivity index (χ0v) is 10.2. The average Bonchev–Trinajstić information content (AvgIpc) is 2.74. The molecule has 1 fully saturated rings. The minimum Gasteiger partial charge on any atom is -0.440 e. The molecule has 92 valence electrons. The van der Waals surface area contributed by atoms with Crippen LogP contribution in [0.3, 0.4) is 0 Å². The number of amides is 2. The van der Waals surface area contributed by atoms with Crippen LogP contribution in [0.2, 0.25) is 5.22 Å². The molecule has 2 heterocycles. The van der Waals surface area contributed by atoms with Gasteiger partial charge in [0.25, 0.3) is 5.91 Å². The van der Waals surface area contributed by atoms with Crippen molar-refractivity contribution in [2.24, 2.45) is 0 Å². The molecule has 0 radical (unpaired) electrons. The minimum atomic E-state index is -0.430. The molecule has 1 aliphatic heterocycles. The van der Waals surface area contributed by atoms with Crippen LogP contribution in [0.25, 0.3) is 0 Å². The summed E-state index contributed by atoms with van der Waals surface area (Å²) in [5, 5.41) is 2.90. The van der Waals surface area contributed by atoms with E-state index in [1.807, 2.05) is 6.92 Å². The lowest BCUT2D eigenvalue weighted by Gasteiger charge is -2.33. The van der Waals surface area contributed by atoms with E-state index in [1.165, 1.54) is 17.0 Å². The highest BCUT2D eigenvalue weighted by atomic mass is 35.5. The monoisotopic (exact) mass is 256 g/mol. The van der Waals surface area contributed by atoms with Crippen LogP contribution in [0, 0.1) is 0 Å². The highest BCUT2D eigenvalue weighted by Crippen LogP contribution is 2.18. The first-order valence-electron chi connectivity index (χ1n) is 5.47. The summed E-state index contributed by atoms with van der Waals surface area (Å²) in [7, 11) is 0. The average molecular weight is 257 g/mol. The van der Waals surface area contributed by atoms with Crippen LogP contribution >= 0.6 is 11.6 Å². The van der Waals surface area contributed by atoms with Gasteiger partial charge >= 0.3 is 0 Å². The molecule has 17 heavy (non-hydrogen) atoms. The minimum absolute atomic E-state index is 0.121. The van der Waals surface area contributed by atoms with E-state index < -0.39 is 6.04 Å². The molecule has 1 N–H and O–H groups in total. The second-order valence-electron chi connectivity index (χ2n) is 3.82. The van der Waals surface area contributed by atoms with Crippen LogP contribution in [0.4, 0.5) is 0 Å². The van der Waals surface area contributed by atoms with Crippen molar-refractivity contribution in [2.75, 3.05) is 13.1 Å². The topological polar surface area (TPSA) is 62.6 Å². The molecule has 1 aliphatic rings. The molecule has 0 bridgehead atoms. The molecule has 0 aromatic carbocycles. The molecule has 1 atom stereocenters. The van der Waals surface area contributed by atoms with Crippen molar-refractivity contribution in [2.45, 2.75) is 19.4 Å². The highest BCUT2D eigenvalue weighted by Gasteiger charge is 2.33. The van der Waals surface area contributed by atoms with Crippen molar-refractivity contribution in [1.29, 1.82) is 0 Å². The Kier molecular flexibility index (Phi) is 3.38. The zero-order valence-electron chi connectivity index (χ0n) is 9.40. The summed E-state index contributed by atoms with van der Waals surface area (Å²) < 4.78 is 5.07. The maximum absolute atomic E-state index is 12.1. The number of nitrogens with one attached hydrogen (secondary N) is 1. The van der Waals surface area contributed by atoms with Gasteiger partial charge in [-0.15, -0.1) is 0 Å². The lowest BCUT2D eigenvalue weighted by Crippen LogP contribution is -2.56. The third-order valence-electron chi connectivity index (χ3n) is 2.76. The van der Waals surface area contributed by atoms with E-state index >= 15 is 0 Å². The molecule has 1 aromatic heterocycles. The van der Waals surface area contributed by atoms with Crippen molar-refractivity contribution in [3.05, 3.63) is 23.1 Å². The SMILES string of the molecule is CCC1C(=O)NCCN1C(=O)c1ccc(Cl)o1. The van der Waals surface area contributed by atoms with Gasteiger partial charge in [0.05, 0.1) is 0 Å². The highest BCUT2D eigenvalue weighted by molar-refractivity contribution is 6.29. The van der Waals surface area contributed by atoms with Gasteiger partial charge < -0.3 is 14.6 Å². The number of nitrogens with zero attached hydrogens (tertiary/aromatic N) is 1. The summed E-state index contributed by atoms with van der Waals surface area (Å²) in [4.78, 5) is 25.3. The molecule has 0 aliphatic carbocycles. The molecular weight excluding hydrogens is 244 g/mol. The molecule has 6 heteroatoms. The smallest absolute Gasteiger partial charge is 0.290 e. The van der Waals surface area contributed by atoms with Crippen LogP contribution < -0.4 is 5.32 Å². The van der Waals surface area contributed by atoms with Gasteiger partial charge in [-0.05, 0) is 30.2 Å². The van der Waals surface area contributed by atoms with E-state index in [4.69, 9.17) is 16.0 Å². The van der Waals surface area contributed by atoms with E-state index in [2.05, 4.69) is 5.32 Å². The Balaban J connectivity index is 2.20. The second kappa shape index (κ2) is 4.79. The molecule has 5 nitrogen and oxygen atoms in total. The van der Waals surface area contributed by atoms with Crippen molar-refractivity contribution >= 4 is 23.4 Å². The predicted octanol–water partition coefficient (Wildman–Crippen LogP) is 1.28. The van der Waals surface area contributed by atoms with Crippen LogP contribution in [0.5, 0.6) is 0 Å². The second-order valence-corrected chi connectivity index (χ2v) is 4.19. The van der Waals surface area contributed by atoms with E-state index in [1.54, 1.807) is 0 Å². The van der Waals surface area contributed by atoms with Crippen molar-refractivity contribution < 1.29 is 14.0 Å². The van der Waals surface area contributed by atoms with E-state index in [0.29, 0.717) is 19.5 Å². The van der Waals surface area contributed by atoms with E-state index in [-0.39, 0.29) is 22.8 Å². The summed E-state index contributed by atoms with van der Waals surface area (Å²) in [6.45, 7) is 2.82. The Morgan fingerprint density at radius 3 is 3.00 bits per heavy atom. The largest absolute Gasteiger partial charge is 0.440 e. The van der Waals surface area contributed by atoms with Crippen molar-refractivity contribution in [3.8, 4) is 0 Å². The van der Waals surface area contributed by atoms with Crippen molar-refractivity contribution in [3.63, 3.8) is 0 Å². The fourth-order valence-corrected chi connectivity index (χ4v) is 2.08. The lowest BCUT2D eigenvalue weighted by molar-refractivity contribution is -0.127. The molecular formula is C11H13ClN2O3. The molecule has 1 aromatic rings. The number of carbonyl (C=O) groups is 2. The van der Waals surface area contributed by atoms with Gasteiger partial charge in [0, 0.05) is 13.1 Å². The lowest BCUT2D eigenvalue weighted by atomic mass is 10.1. The fraction of sp³-hybridized carbons (Fsp3) is 0.455. The summed E-state index contributed by atoms with van der Waals surface area (Å²) in [5.41, 5.74) is 0. The predicted molar refractivity (Wildman–Crippen MR) is 61.8 cm³/mol. The van der Waals surface area contributed by atoms with Crippen LogP contribution in [0.1, 0.15) is 23.9 Å². The molecule has 1 saturated heterocycles. The third-order valence-corrected chi connectivity index (χ3v) is 2.97. The Bertz CT molecular complexity index is 444. The Morgan fingerprint density at radius 2 is 2.41 bits per heavy atom.